The first-order chi connectivity index (χ1) is 16.6. The zero-order valence-electron chi connectivity index (χ0n) is 18.3. The molecular formula is C31H21NO2. The molecule has 0 saturated carbocycles. The smallest absolute Gasteiger partial charge is 0.115 e. The molecule has 162 valence electrons. The minimum Gasteiger partial charge on any atom is -0.508 e. The summed E-state index contributed by atoms with van der Waals surface area (Å²) < 4.78 is 0. The first-order valence-corrected chi connectivity index (χ1v) is 11.2. The summed E-state index contributed by atoms with van der Waals surface area (Å²) in [5.74, 6) is 0.444. The average Bonchev–Trinajstić information content (AvgIpc) is 2.87. The minimum absolute atomic E-state index is 0.222. The van der Waals surface area contributed by atoms with Crippen LogP contribution in [0.3, 0.4) is 0 Å². The van der Waals surface area contributed by atoms with Crippen LogP contribution in [0, 0.1) is 0 Å². The maximum absolute atomic E-state index is 9.76. The van der Waals surface area contributed by atoms with Gasteiger partial charge in [0.1, 0.15) is 11.5 Å². The molecule has 0 fully saturated rings. The monoisotopic (exact) mass is 439 g/mol. The van der Waals surface area contributed by atoms with E-state index in [0.29, 0.717) is 0 Å². The molecule has 0 unspecified atom stereocenters. The third-order valence-corrected chi connectivity index (χ3v) is 6.21. The Morgan fingerprint density at radius 1 is 0.441 bits per heavy atom. The Bertz CT molecular complexity index is 1590. The lowest BCUT2D eigenvalue weighted by Crippen LogP contribution is -1.92. The molecule has 0 radical (unpaired) electrons. The molecule has 0 amide bonds. The topological polar surface area (TPSA) is 53.4 Å². The lowest BCUT2D eigenvalue weighted by Gasteiger charge is -2.13. The highest BCUT2D eigenvalue weighted by Crippen LogP contribution is 2.36. The fourth-order valence-electron chi connectivity index (χ4n) is 4.46. The van der Waals surface area contributed by atoms with Crippen molar-refractivity contribution in [1.29, 1.82) is 0 Å². The van der Waals surface area contributed by atoms with Crippen LogP contribution in [0.15, 0.2) is 115 Å². The molecule has 0 saturated heterocycles. The van der Waals surface area contributed by atoms with Gasteiger partial charge in [-0.1, -0.05) is 42.5 Å². The number of hydrogen-bond donors (Lipinski definition) is 2. The Hall–Kier alpha value is -4.63. The van der Waals surface area contributed by atoms with Gasteiger partial charge in [0.2, 0.25) is 0 Å². The molecule has 5 aromatic carbocycles. The van der Waals surface area contributed by atoms with Crippen LogP contribution in [-0.2, 0) is 0 Å². The Kier molecular flexibility index (Phi) is 4.74. The second kappa shape index (κ2) is 8.05. The zero-order chi connectivity index (χ0) is 23.1. The predicted molar refractivity (Wildman–Crippen MR) is 139 cm³/mol. The van der Waals surface area contributed by atoms with Crippen LogP contribution in [0.2, 0.25) is 0 Å². The molecule has 2 N–H and O–H groups in total. The van der Waals surface area contributed by atoms with Crippen molar-refractivity contribution in [3.8, 4) is 45.1 Å². The van der Waals surface area contributed by atoms with Gasteiger partial charge in [-0.05, 0) is 105 Å². The SMILES string of the molecule is Oc1ccc(-c2cc(-c3cccc4cc5ccccc5cc34)cc(-c3ccc(O)cc3)n2)cc1. The van der Waals surface area contributed by atoms with Gasteiger partial charge >= 0.3 is 0 Å². The molecule has 0 atom stereocenters. The maximum Gasteiger partial charge on any atom is 0.115 e. The van der Waals surface area contributed by atoms with Crippen LogP contribution in [0.1, 0.15) is 0 Å². The number of hydrogen-bond acceptors (Lipinski definition) is 3. The molecule has 6 rings (SSSR count). The molecule has 0 spiro atoms. The average molecular weight is 440 g/mol. The highest BCUT2D eigenvalue weighted by atomic mass is 16.3. The summed E-state index contributed by atoms with van der Waals surface area (Å²) >= 11 is 0. The van der Waals surface area contributed by atoms with Gasteiger partial charge in [-0.15, -0.1) is 0 Å². The summed E-state index contributed by atoms with van der Waals surface area (Å²) in [6.45, 7) is 0. The predicted octanol–water partition coefficient (Wildman–Crippen LogP) is 7.80. The summed E-state index contributed by atoms with van der Waals surface area (Å²) in [4.78, 5) is 4.93. The van der Waals surface area contributed by atoms with E-state index < -0.39 is 0 Å². The highest BCUT2D eigenvalue weighted by molar-refractivity contribution is 6.05. The zero-order valence-corrected chi connectivity index (χ0v) is 18.3. The number of benzene rings is 5. The van der Waals surface area contributed by atoms with Gasteiger partial charge < -0.3 is 10.2 Å². The Morgan fingerprint density at radius 2 is 0.971 bits per heavy atom. The van der Waals surface area contributed by atoms with Gasteiger partial charge in [0.25, 0.3) is 0 Å². The number of rotatable bonds is 3. The van der Waals surface area contributed by atoms with Crippen molar-refractivity contribution in [2.24, 2.45) is 0 Å². The Labute approximate surface area is 197 Å². The van der Waals surface area contributed by atoms with E-state index in [1.807, 2.05) is 24.3 Å². The molecule has 3 heteroatoms. The number of phenols is 2. The summed E-state index contributed by atoms with van der Waals surface area (Å²) in [5.41, 5.74) is 5.67. The van der Waals surface area contributed by atoms with Crippen molar-refractivity contribution < 1.29 is 10.2 Å². The first-order valence-electron chi connectivity index (χ1n) is 11.2. The van der Waals surface area contributed by atoms with Crippen LogP contribution in [0.25, 0.3) is 55.2 Å². The highest BCUT2D eigenvalue weighted by Gasteiger charge is 2.12. The van der Waals surface area contributed by atoms with Crippen LogP contribution in [0.4, 0.5) is 0 Å². The number of aromatic nitrogens is 1. The second-order valence-electron chi connectivity index (χ2n) is 8.45. The van der Waals surface area contributed by atoms with Crippen LogP contribution >= 0.6 is 0 Å². The summed E-state index contributed by atoms with van der Waals surface area (Å²) in [7, 11) is 0. The summed E-state index contributed by atoms with van der Waals surface area (Å²) in [6.07, 6.45) is 0. The molecule has 0 aliphatic heterocycles. The van der Waals surface area contributed by atoms with E-state index in [1.165, 1.54) is 21.5 Å². The molecule has 1 aromatic heterocycles. The molecule has 6 aromatic rings. The standard InChI is InChI=1S/C31H21NO2/c33-26-12-8-20(9-13-26)30-18-25(19-31(32-30)21-10-14-27(34)15-11-21)28-7-3-6-24-16-22-4-1-2-5-23(22)17-29(24)28/h1-19,33-34H. The van der Waals surface area contributed by atoms with Crippen molar-refractivity contribution in [1.82, 2.24) is 4.98 Å². The Morgan fingerprint density at radius 3 is 1.56 bits per heavy atom. The van der Waals surface area contributed by atoms with E-state index >= 15 is 0 Å². The maximum atomic E-state index is 9.76. The molecule has 0 aliphatic rings. The van der Waals surface area contributed by atoms with E-state index in [2.05, 4.69) is 66.7 Å². The van der Waals surface area contributed by atoms with Crippen molar-refractivity contribution in [3.63, 3.8) is 0 Å². The van der Waals surface area contributed by atoms with Gasteiger partial charge in [-0.3, -0.25) is 0 Å². The molecule has 0 aliphatic carbocycles. The third-order valence-electron chi connectivity index (χ3n) is 6.21. The van der Waals surface area contributed by atoms with Gasteiger partial charge in [-0.25, -0.2) is 4.98 Å². The van der Waals surface area contributed by atoms with E-state index in [1.54, 1.807) is 24.3 Å². The van der Waals surface area contributed by atoms with E-state index in [-0.39, 0.29) is 11.5 Å². The summed E-state index contributed by atoms with van der Waals surface area (Å²) in [6, 6.07) is 37.7. The number of fused-ring (bicyclic) bond motifs is 2. The van der Waals surface area contributed by atoms with E-state index in [9.17, 15) is 10.2 Å². The van der Waals surface area contributed by atoms with Gasteiger partial charge in [0.15, 0.2) is 0 Å². The van der Waals surface area contributed by atoms with Crippen LogP contribution < -0.4 is 0 Å². The molecule has 1 heterocycles. The molecular weight excluding hydrogens is 418 g/mol. The van der Waals surface area contributed by atoms with Crippen molar-refractivity contribution in [3.05, 3.63) is 115 Å². The number of pyridine rings is 1. The molecule has 3 nitrogen and oxygen atoms in total. The summed E-state index contributed by atoms with van der Waals surface area (Å²) in [5, 5.41) is 24.3. The van der Waals surface area contributed by atoms with E-state index in [4.69, 9.17) is 4.98 Å². The fourth-order valence-corrected chi connectivity index (χ4v) is 4.46. The Balaban J connectivity index is 1.61. The van der Waals surface area contributed by atoms with Crippen LogP contribution in [0.5, 0.6) is 11.5 Å². The van der Waals surface area contributed by atoms with Crippen LogP contribution in [-0.4, -0.2) is 15.2 Å². The molecule has 0 bridgehead atoms. The van der Waals surface area contributed by atoms with Gasteiger partial charge in [-0.2, -0.15) is 0 Å². The van der Waals surface area contributed by atoms with E-state index in [0.717, 1.165) is 33.6 Å². The second-order valence-corrected chi connectivity index (χ2v) is 8.45. The third kappa shape index (κ3) is 3.63. The van der Waals surface area contributed by atoms with Crippen molar-refractivity contribution >= 4 is 21.5 Å². The lowest BCUT2D eigenvalue weighted by atomic mass is 9.94. The minimum atomic E-state index is 0.222. The van der Waals surface area contributed by atoms with Crippen molar-refractivity contribution in [2.75, 3.05) is 0 Å². The lowest BCUT2D eigenvalue weighted by molar-refractivity contribution is 0.475. The number of aromatic hydroxyl groups is 2. The van der Waals surface area contributed by atoms with Crippen molar-refractivity contribution in [2.45, 2.75) is 0 Å². The normalized spacial score (nSPS) is 11.2. The van der Waals surface area contributed by atoms with Gasteiger partial charge in [0, 0.05) is 11.1 Å². The molecule has 34 heavy (non-hydrogen) atoms. The largest absolute Gasteiger partial charge is 0.508 e. The number of nitrogens with zero attached hydrogens (tertiary/aromatic N) is 1. The van der Waals surface area contributed by atoms with Gasteiger partial charge in [0.05, 0.1) is 11.4 Å². The number of phenolic OH excluding ortho intramolecular Hbond substituents is 2. The first kappa shape index (κ1) is 20.0. The fraction of sp³-hybridized carbons (Fsp3) is 0. The quantitative estimate of drug-likeness (QED) is 0.277.